The second-order valence-corrected chi connectivity index (χ2v) is 5.39. The van der Waals surface area contributed by atoms with Crippen LogP contribution < -0.4 is 0 Å². The maximum Gasteiger partial charge on any atom is 0.249 e. The molecule has 1 heterocycles. The Balaban J connectivity index is 2.05. The van der Waals surface area contributed by atoms with Gasteiger partial charge in [0.2, 0.25) is 5.95 Å². The molecule has 0 aliphatic heterocycles. The van der Waals surface area contributed by atoms with Crippen LogP contribution in [0.2, 0.25) is 0 Å². The number of hydrogen-bond donors (Lipinski definition) is 1. The molecule has 5 nitrogen and oxygen atoms in total. The molecule has 0 aliphatic rings. The van der Waals surface area contributed by atoms with E-state index in [0.717, 1.165) is 22.2 Å². The van der Waals surface area contributed by atoms with Crippen molar-refractivity contribution >= 4 is 28.5 Å². The number of nitrogens with zero attached hydrogens (tertiary/aromatic N) is 4. The van der Waals surface area contributed by atoms with Gasteiger partial charge in [0.05, 0.1) is 5.69 Å². The fraction of sp³-hybridized carbons (Fsp3) is 0.105. The predicted octanol–water partition coefficient (Wildman–Crippen LogP) is 5.20. The lowest BCUT2D eigenvalue weighted by Crippen LogP contribution is -1.89. The molecule has 0 fully saturated rings. The zero-order valence-corrected chi connectivity index (χ0v) is 13.6. The highest BCUT2D eigenvalue weighted by Crippen LogP contribution is 2.35. The first-order valence-corrected chi connectivity index (χ1v) is 7.56. The van der Waals surface area contributed by atoms with Crippen LogP contribution in [0.1, 0.15) is 11.4 Å². The highest BCUT2D eigenvalue weighted by Gasteiger charge is 2.10. The lowest BCUT2D eigenvalue weighted by Gasteiger charge is -2.03. The molecule has 0 radical (unpaired) electrons. The average molecular weight is 318 g/mol. The molecule has 0 amide bonds. The monoisotopic (exact) mass is 318 g/mol. The van der Waals surface area contributed by atoms with E-state index in [9.17, 15) is 5.11 Å². The van der Waals surface area contributed by atoms with Crippen molar-refractivity contribution in [3.63, 3.8) is 0 Å². The molecule has 5 heteroatoms. The third-order valence-electron chi connectivity index (χ3n) is 3.90. The molecule has 120 valence electrons. The van der Waals surface area contributed by atoms with E-state index in [2.05, 4.69) is 21.8 Å². The molecule has 1 N–H and O–H groups in total. The van der Waals surface area contributed by atoms with Crippen molar-refractivity contribution in [3.05, 3.63) is 66.5 Å². The fourth-order valence-corrected chi connectivity index (χ4v) is 2.44. The first kappa shape index (κ1) is 15.7. The smallest absolute Gasteiger partial charge is 0.249 e. The third kappa shape index (κ3) is 2.84. The Hall–Kier alpha value is -3.21. The number of benzene rings is 2. The molecule has 0 saturated heterocycles. The van der Waals surface area contributed by atoms with E-state index < -0.39 is 0 Å². The van der Waals surface area contributed by atoms with E-state index in [1.807, 2.05) is 61.0 Å². The van der Waals surface area contributed by atoms with Crippen LogP contribution in [-0.2, 0) is 7.05 Å². The van der Waals surface area contributed by atoms with Gasteiger partial charge >= 0.3 is 0 Å². The SMILES string of the molecule is C=C/C=C\c1nc(N=Nc2c(O)ccc3ccccc23)n(C)c1C. The quantitative estimate of drug-likeness (QED) is 0.530. The molecular weight excluding hydrogens is 300 g/mol. The lowest BCUT2D eigenvalue weighted by atomic mass is 10.1. The predicted molar refractivity (Wildman–Crippen MR) is 97.0 cm³/mol. The fourth-order valence-electron chi connectivity index (χ4n) is 2.44. The van der Waals surface area contributed by atoms with Gasteiger partial charge in [-0.2, -0.15) is 0 Å². The van der Waals surface area contributed by atoms with E-state index in [1.54, 1.807) is 12.1 Å². The van der Waals surface area contributed by atoms with Gasteiger partial charge in [-0.3, -0.25) is 0 Å². The van der Waals surface area contributed by atoms with Gasteiger partial charge in [-0.15, -0.1) is 10.2 Å². The van der Waals surface area contributed by atoms with Gasteiger partial charge in [0.25, 0.3) is 0 Å². The number of aromatic nitrogens is 2. The summed E-state index contributed by atoms with van der Waals surface area (Å²) in [6, 6.07) is 11.2. The van der Waals surface area contributed by atoms with E-state index in [4.69, 9.17) is 0 Å². The molecule has 1 aromatic heterocycles. The van der Waals surface area contributed by atoms with Crippen molar-refractivity contribution in [2.75, 3.05) is 0 Å². The van der Waals surface area contributed by atoms with Crippen LogP contribution in [-0.4, -0.2) is 14.7 Å². The Kier molecular flexibility index (Phi) is 4.24. The van der Waals surface area contributed by atoms with Crippen molar-refractivity contribution in [2.45, 2.75) is 6.92 Å². The van der Waals surface area contributed by atoms with Crippen LogP contribution in [0, 0.1) is 6.92 Å². The zero-order valence-electron chi connectivity index (χ0n) is 13.6. The second kappa shape index (κ2) is 6.50. The number of allylic oxidation sites excluding steroid dienone is 2. The molecule has 3 aromatic rings. The molecule has 0 spiro atoms. The van der Waals surface area contributed by atoms with Crippen molar-refractivity contribution in [1.29, 1.82) is 0 Å². The van der Waals surface area contributed by atoms with Crippen LogP contribution in [0.15, 0.2) is 65.4 Å². The van der Waals surface area contributed by atoms with Gasteiger partial charge in [-0.25, -0.2) is 4.98 Å². The molecule has 2 aromatic carbocycles. The van der Waals surface area contributed by atoms with E-state index >= 15 is 0 Å². The highest BCUT2D eigenvalue weighted by atomic mass is 16.3. The van der Waals surface area contributed by atoms with Gasteiger partial charge in [-0.05, 0) is 24.5 Å². The van der Waals surface area contributed by atoms with Crippen LogP contribution in [0.25, 0.3) is 16.8 Å². The van der Waals surface area contributed by atoms with Crippen LogP contribution in [0.5, 0.6) is 5.75 Å². The molecule has 0 atom stereocenters. The highest BCUT2D eigenvalue weighted by molar-refractivity contribution is 5.95. The van der Waals surface area contributed by atoms with Gasteiger partial charge in [0, 0.05) is 18.1 Å². The zero-order chi connectivity index (χ0) is 17.1. The van der Waals surface area contributed by atoms with Crippen molar-refractivity contribution in [1.82, 2.24) is 9.55 Å². The number of hydrogen-bond acceptors (Lipinski definition) is 4. The van der Waals surface area contributed by atoms with Crippen molar-refractivity contribution in [2.24, 2.45) is 17.3 Å². The molecular formula is C19H18N4O. The number of imidazole rings is 1. The summed E-state index contributed by atoms with van der Waals surface area (Å²) in [5.41, 5.74) is 2.23. The largest absolute Gasteiger partial charge is 0.506 e. The maximum absolute atomic E-state index is 10.1. The van der Waals surface area contributed by atoms with E-state index in [0.29, 0.717) is 11.6 Å². The molecule has 24 heavy (non-hydrogen) atoms. The molecule has 0 saturated carbocycles. The summed E-state index contributed by atoms with van der Waals surface area (Å²) in [4.78, 5) is 4.46. The number of fused-ring (bicyclic) bond motifs is 1. The van der Waals surface area contributed by atoms with Crippen molar-refractivity contribution < 1.29 is 5.11 Å². The van der Waals surface area contributed by atoms with Gasteiger partial charge in [0.15, 0.2) is 0 Å². The first-order chi connectivity index (χ1) is 11.6. The molecule has 3 rings (SSSR count). The Morgan fingerprint density at radius 3 is 2.75 bits per heavy atom. The molecule has 0 unspecified atom stereocenters. The standard InChI is InChI=1S/C19H18N4O/c1-4-5-10-16-13(2)23(3)19(20-16)22-21-18-15-9-7-6-8-14(15)11-12-17(18)24/h4-12,24H,1H2,2-3H3/b10-5-,22-21?. The van der Waals surface area contributed by atoms with Crippen LogP contribution >= 0.6 is 0 Å². The summed E-state index contributed by atoms with van der Waals surface area (Å²) in [5, 5.41) is 20.5. The first-order valence-electron chi connectivity index (χ1n) is 7.56. The minimum atomic E-state index is 0.0927. The summed E-state index contributed by atoms with van der Waals surface area (Å²) in [5.74, 6) is 0.568. The summed E-state index contributed by atoms with van der Waals surface area (Å²) in [6.45, 7) is 5.62. The average Bonchev–Trinajstić information content (AvgIpc) is 2.87. The van der Waals surface area contributed by atoms with Crippen LogP contribution in [0.3, 0.4) is 0 Å². The number of rotatable bonds is 4. The Bertz CT molecular complexity index is 967. The maximum atomic E-state index is 10.1. The Morgan fingerprint density at radius 2 is 1.96 bits per heavy atom. The van der Waals surface area contributed by atoms with E-state index in [-0.39, 0.29) is 5.75 Å². The minimum absolute atomic E-state index is 0.0927. The number of azo groups is 1. The Labute approximate surface area is 140 Å². The normalized spacial score (nSPS) is 11.8. The topological polar surface area (TPSA) is 62.8 Å². The molecule has 0 bridgehead atoms. The molecule has 0 aliphatic carbocycles. The number of phenols is 1. The summed E-state index contributed by atoms with van der Waals surface area (Å²) < 4.78 is 1.86. The summed E-state index contributed by atoms with van der Waals surface area (Å²) >= 11 is 0. The van der Waals surface area contributed by atoms with Crippen molar-refractivity contribution in [3.8, 4) is 5.75 Å². The second-order valence-electron chi connectivity index (χ2n) is 5.39. The van der Waals surface area contributed by atoms with E-state index in [1.165, 1.54) is 0 Å². The van der Waals surface area contributed by atoms with Gasteiger partial charge in [-0.1, -0.05) is 49.1 Å². The Morgan fingerprint density at radius 1 is 1.17 bits per heavy atom. The third-order valence-corrected chi connectivity index (χ3v) is 3.90. The number of aromatic hydroxyl groups is 1. The van der Waals surface area contributed by atoms with Gasteiger partial charge in [0.1, 0.15) is 11.4 Å². The lowest BCUT2D eigenvalue weighted by molar-refractivity contribution is 0.477. The summed E-state index contributed by atoms with van der Waals surface area (Å²) in [7, 11) is 1.88. The summed E-state index contributed by atoms with van der Waals surface area (Å²) in [6.07, 6.45) is 5.40. The van der Waals surface area contributed by atoms with Gasteiger partial charge < -0.3 is 9.67 Å². The minimum Gasteiger partial charge on any atom is -0.506 e. The van der Waals surface area contributed by atoms with Crippen LogP contribution in [0.4, 0.5) is 11.6 Å². The number of phenolic OH excluding ortho intramolecular Hbond substituents is 1.